The molecule has 38 heavy (non-hydrogen) atoms. The zero-order valence-corrected chi connectivity index (χ0v) is 22.8. The summed E-state index contributed by atoms with van der Waals surface area (Å²) in [6.07, 6.45) is -0.468. The first kappa shape index (κ1) is 26.1. The van der Waals surface area contributed by atoms with Gasteiger partial charge in [-0.3, -0.25) is 9.59 Å². The van der Waals surface area contributed by atoms with Crippen LogP contribution in [-0.2, 0) is 15.1 Å². The van der Waals surface area contributed by atoms with Crippen LogP contribution in [0.4, 0.5) is 0 Å². The molecule has 0 saturated carbocycles. The van der Waals surface area contributed by atoms with E-state index in [9.17, 15) is 14.7 Å². The summed E-state index contributed by atoms with van der Waals surface area (Å²) >= 11 is 1.57. The van der Waals surface area contributed by atoms with Crippen molar-refractivity contribution in [2.24, 2.45) is 10.9 Å². The predicted molar refractivity (Wildman–Crippen MR) is 142 cm³/mol. The normalized spacial score (nSPS) is 24.0. The van der Waals surface area contributed by atoms with Crippen LogP contribution in [0.3, 0.4) is 0 Å². The molecule has 3 aromatic rings. The van der Waals surface area contributed by atoms with Crippen LogP contribution >= 0.6 is 11.3 Å². The predicted octanol–water partition coefficient (Wildman–Crippen LogP) is 3.26. The van der Waals surface area contributed by atoms with E-state index in [4.69, 9.17) is 9.26 Å². The maximum Gasteiger partial charge on any atom is 0.277 e. The van der Waals surface area contributed by atoms with E-state index in [2.05, 4.69) is 20.4 Å². The van der Waals surface area contributed by atoms with Crippen molar-refractivity contribution < 1.29 is 24.0 Å². The summed E-state index contributed by atoms with van der Waals surface area (Å²) < 4.78 is 10.5. The maximum atomic E-state index is 13.8. The number of aliphatic hydroxyl groups is 1. The minimum absolute atomic E-state index is 0.107. The van der Waals surface area contributed by atoms with E-state index in [0.717, 1.165) is 21.7 Å². The molecule has 200 valence electrons. The number of methoxy groups -OCH3 is 1. The van der Waals surface area contributed by atoms with E-state index in [1.807, 2.05) is 50.5 Å². The number of amides is 2. The highest BCUT2D eigenvalue weighted by molar-refractivity contribution is 7.13. The Morgan fingerprint density at radius 3 is 2.66 bits per heavy atom. The first-order valence-corrected chi connectivity index (χ1v) is 13.4. The zero-order chi connectivity index (χ0) is 27.2. The molecule has 2 N–H and O–H groups in total. The number of hydrogen-bond acceptors (Lipinski definition) is 9. The van der Waals surface area contributed by atoms with E-state index < -0.39 is 23.6 Å². The number of aliphatic hydroxyl groups excluding tert-OH is 1. The third kappa shape index (κ3) is 4.49. The van der Waals surface area contributed by atoms with Crippen molar-refractivity contribution >= 4 is 29.0 Å². The molecule has 0 radical (unpaired) electrons. The monoisotopic (exact) mass is 537 g/mol. The van der Waals surface area contributed by atoms with Crippen molar-refractivity contribution in [2.45, 2.75) is 57.7 Å². The average molecular weight is 538 g/mol. The molecule has 11 heteroatoms. The number of rotatable bonds is 7. The quantitative estimate of drug-likeness (QED) is 0.470. The molecule has 5 rings (SSSR count). The summed E-state index contributed by atoms with van der Waals surface area (Å²) in [5, 5.41) is 17.7. The van der Waals surface area contributed by atoms with Gasteiger partial charge in [-0.05, 0) is 36.0 Å². The molecule has 0 spiro atoms. The number of aromatic nitrogens is 2. The molecule has 2 unspecified atom stereocenters. The standard InChI is InChI=1S/C27H31N5O5S/c1-14(2)22(20-11-21(36-5)31-37-20)25(34)32-12-18(33)10-19(32)24-29-26(35)27(4,30-24)17-8-6-16(7-9-17)23-15(3)28-13-38-23/h6-9,11,13-14,18-19,22,33H,10,12H2,1-5H3,(H,29,30,35)/t18-,19+,22?,27?/m1/s1. The number of carbonyl (C=O) groups excluding carboxylic acids is 2. The molecule has 2 aliphatic rings. The fourth-order valence-corrected chi connectivity index (χ4v) is 6.00. The minimum Gasteiger partial charge on any atom is -0.479 e. The number of carbonyl (C=O) groups is 2. The third-order valence-corrected chi connectivity index (χ3v) is 8.31. The van der Waals surface area contributed by atoms with Gasteiger partial charge >= 0.3 is 0 Å². The summed E-state index contributed by atoms with van der Waals surface area (Å²) in [6, 6.07) is 8.80. The van der Waals surface area contributed by atoms with E-state index >= 15 is 0 Å². The van der Waals surface area contributed by atoms with Crippen LogP contribution in [0, 0.1) is 12.8 Å². The van der Waals surface area contributed by atoms with Crippen LogP contribution in [0.1, 0.15) is 50.1 Å². The molecule has 4 atom stereocenters. The van der Waals surface area contributed by atoms with E-state index in [-0.39, 0.29) is 36.6 Å². The highest BCUT2D eigenvalue weighted by Crippen LogP contribution is 2.35. The number of β-amino-alcohol motifs (C(OH)–C–C–N with tert-alkyl or cyclic N) is 1. The van der Waals surface area contributed by atoms with Crippen molar-refractivity contribution in [1.82, 2.24) is 20.4 Å². The smallest absolute Gasteiger partial charge is 0.277 e. The summed E-state index contributed by atoms with van der Waals surface area (Å²) in [5.41, 5.74) is 3.48. The highest BCUT2D eigenvalue weighted by atomic mass is 32.1. The molecule has 0 bridgehead atoms. The molecule has 1 aromatic carbocycles. The van der Waals surface area contributed by atoms with Gasteiger partial charge in [-0.2, -0.15) is 4.99 Å². The maximum absolute atomic E-state index is 13.8. The third-order valence-electron chi connectivity index (χ3n) is 7.33. The molecule has 1 fully saturated rings. The van der Waals surface area contributed by atoms with Gasteiger partial charge in [0.15, 0.2) is 5.76 Å². The van der Waals surface area contributed by atoms with Gasteiger partial charge in [0.25, 0.3) is 11.8 Å². The lowest BCUT2D eigenvalue weighted by atomic mass is 9.90. The number of benzene rings is 1. The van der Waals surface area contributed by atoms with Crippen molar-refractivity contribution in [3.8, 4) is 16.3 Å². The number of nitrogens with zero attached hydrogens (tertiary/aromatic N) is 4. The van der Waals surface area contributed by atoms with E-state index in [1.165, 1.54) is 7.11 Å². The Kier molecular flexibility index (Phi) is 6.83. The molecular weight excluding hydrogens is 506 g/mol. The lowest BCUT2D eigenvalue weighted by Gasteiger charge is -2.31. The summed E-state index contributed by atoms with van der Waals surface area (Å²) in [4.78, 5) is 38.4. The van der Waals surface area contributed by atoms with Crippen molar-refractivity contribution in [2.75, 3.05) is 13.7 Å². The minimum atomic E-state index is -1.09. The van der Waals surface area contributed by atoms with Gasteiger partial charge in [-0.1, -0.05) is 38.1 Å². The number of thiazole rings is 1. The van der Waals surface area contributed by atoms with Crippen molar-refractivity contribution in [3.63, 3.8) is 0 Å². The molecule has 2 amide bonds. The number of likely N-dealkylation sites (tertiary alicyclic amines) is 1. The molecule has 0 aliphatic carbocycles. The van der Waals surface area contributed by atoms with Crippen molar-refractivity contribution in [3.05, 3.63) is 52.9 Å². The van der Waals surface area contributed by atoms with Crippen molar-refractivity contribution in [1.29, 1.82) is 0 Å². The Bertz CT molecular complexity index is 1380. The first-order valence-electron chi connectivity index (χ1n) is 12.5. The Morgan fingerprint density at radius 1 is 1.32 bits per heavy atom. The number of hydrogen-bond donors (Lipinski definition) is 2. The molecular formula is C27H31N5O5S. The van der Waals surface area contributed by atoms with Crippen LogP contribution in [-0.4, -0.2) is 63.6 Å². The topological polar surface area (TPSA) is 130 Å². The van der Waals surface area contributed by atoms with Gasteiger partial charge in [0.2, 0.25) is 5.91 Å². The lowest BCUT2D eigenvalue weighted by Crippen LogP contribution is -2.51. The molecule has 2 aromatic heterocycles. The summed E-state index contributed by atoms with van der Waals surface area (Å²) in [7, 11) is 1.48. The van der Waals surface area contributed by atoms with Gasteiger partial charge in [0.1, 0.15) is 17.3 Å². The zero-order valence-electron chi connectivity index (χ0n) is 22.0. The number of ether oxygens (including phenoxy) is 1. The van der Waals surface area contributed by atoms with Crippen LogP contribution in [0.2, 0.25) is 0 Å². The van der Waals surface area contributed by atoms with Crippen LogP contribution in [0.5, 0.6) is 5.88 Å². The second-order valence-corrected chi connectivity index (χ2v) is 11.1. The number of amidine groups is 1. The number of nitrogens with one attached hydrogen (secondary N) is 1. The van der Waals surface area contributed by atoms with Gasteiger partial charge in [-0.15, -0.1) is 11.3 Å². The lowest BCUT2D eigenvalue weighted by molar-refractivity contribution is -0.134. The number of aliphatic imine (C=N–C) groups is 1. The second kappa shape index (κ2) is 9.95. The second-order valence-electron chi connectivity index (χ2n) is 10.3. The first-order chi connectivity index (χ1) is 18.1. The molecule has 2 aliphatic heterocycles. The average Bonchev–Trinajstić information content (AvgIpc) is 3.67. The van der Waals surface area contributed by atoms with Crippen LogP contribution in [0.25, 0.3) is 10.4 Å². The largest absolute Gasteiger partial charge is 0.479 e. The van der Waals surface area contributed by atoms with Gasteiger partial charge in [-0.25, -0.2) is 4.98 Å². The van der Waals surface area contributed by atoms with Gasteiger partial charge in [0.05, 0.1) is 35.3 Å². The van der Waals surface area contributed by atoms with Crippen LogP contribution < -0.4 is 10.1 Å². The highest BCUT2D eigenvalue weighted by Gasteiger charge is 2.48. The molecule has 1 saturated heterocycles. The fraction of sp³-hybridized carbons (Fsp3) is 0.444. The van der Waals surface area contributed by atoms with E-state index in [1.54, 1.807) is 29.2 Å². The Morgan fingerprint density at radius 2 is 2.05 bits per heavy atom. The summed E-state index contributed by atoms with van der Waals surface area (Å²) in [5.74, 6) is -0.256. The Hall–Kier alpha value is -3.57. The molecule has 4 heterocycles. The van der Waals surface area contributed by atoms with Gasteiger partial charge in [0, 0.05) is 19.0 Å². The fourth-order valence-electron chi connectivity index (χ4n) is 5.19. The number of aryl methyl sites for hydroxylation is 1. The van der Waals surface area contributed by atoms with E-state index in [0.29, 0.717) is 11.6 Å². The van der Waals surface area contributed by atoms with Crippen LogP contribution in [0.15, 0.2) is 45.4 Å². The van der Waals surface area contributed by atoms with Gasteiger partial charge < -0.3 is 24.6 Å². The Labute approximate surface area is 224 Å². The SMILES string of the molecule is COc1cc(C(C(=O)N2C[C@H](O)C[C@H]2C2=NC(=O)C(C)(c3ccc(-c4scnc4C)cc3)N2)C(C)C)on1. The summed E-state index contributed by atoms with van der Waals surface area (Å²) in [6.45, 7) is 7.72. The Balaban J connectivity index is 1.39. The molecule has 10 nitrogen and oxygen atoms in total.